The van der Waals surface area contributed by atoms with Gasteiger partial charge in [-0.25, -0.2) is 13.0 Å². The van der Waals surface area contributed by atoms with E-state index in [4.69, 9.17) is 4.89 Å². The molecule has 1 atom stereocenters. The average molecular weight is 571 g/mol. The largest absolute Gasteiger partial charge is 0.442 e. The molecule has 0 amide bonds. The molecule has 1 unspecified atom stereocenters. The van der Waals surface area contributed by atoms with Crippen LogP contribution >= 0.6 is 35.3 Å². The molecule has 2 radical (unpaired) electrons. The Balaban J connectivity index is 0.00000450. The number of halogens is 3. The van der Waals surface area contributed by atoms with Crippen LogP contribution < -0.4 is 4.52 Å². The van der Waals surface area contributed by atoms with Crippen LogP contribution in [0, 0.1) is 11.8 Å². The van der Waals surface area contributed by atoms with Crippen molar-refractivity contribution in [3.63, 3.8) is 0 Å². The molecule has 0 spiro atoms. The van der Waals surface area contributed by atoms with Gasteiger partial charge in [0.1, 0.15) is 5.75 Å². The van der Waals surface area contributed by atoms with E-state index in [-0.39, 0.29) is 74.2 Å². The summed E-state index contributed by atoms with van der Waals surface area (Å²) in [5.74, 6) is 6.75. The molecule has 0 aliphatic rings. The van der Waals surface area contributed by atoms with E-state index in [9.17, 15) is 21.8 Å². The predicted molar refractivity (Wildman–Crippen MR) is 125 cm³/mol. The summed E-state index contributed by atoms with van der Waals surface area (Å²) in [4.78, 5) is 9.32. The van der Waals surface area contributed by atoms with Crippen LogP contribution in [0.1, 0.15) is 11.1 Å². The van der Waals surface area contributed by atoms with E-state index >= 15 is 0 Å². The van der Waals surface area contributed by atoms with Crippen LogP contribution in [0.15, 0.2) is 51.8 Å². The van der Waals surface area contributed by atoms with E-state index in [0.717, 1.165) is 11.8 Å². The number of benzene rings is 2. The van der Waals surface area contributed by atoms with E-state index in [2.05, 4.69) is 32.3 Å². The van der Waals surface area contributed by atoms with Gasteiger partial charge in [0.15, 0.2) is 9.84 Å². The first-order valence-corrected chi connectivity index (χ1v) is 13.4. The first kappa shape index (κ1) is 31.6. The average Bonchev–Trinajstić information content (AvgIpc) is 2.63. The zero-order chi connectivity index (χ0) is 21.7. The maximum Gasteiger partial charge on any atom is 0.442 e. The summed E-state index contributed by atoms with van der Waals surface area (Å²) < 4.78 is 64.1. The number of rotatable bonds is 7. The Kier molecular flexibility index (Phi) is 14.4. The summed E-state index contributed by atoms with van der Waals surface area (Å²) in [6.07, 6.45) is -2.35. The van der Waals surface area contributed by atoms with Gasteiger partial charge in [0, 0.05) is 76.7 Å². The number of thioether (sulfide) groups is 1. The quantitative estimate of drug-likeness (QED) is 0.233. The molecule has 0 heterocycles. The fourth-order valence-electron chi connectivity index (χ4n) is 2.05. The molecule has 1 N–H and O–H groups in total. The van der Waals surface area contributed by atoms with Crippen LogP contribution in [-0.2, 0) is 20.2 Å². The SMILES string of the molecule is CS(=O)(=O)c1cccc(C#CCSCc2ccc(OP(=O)(O)C(F)F)c(Br)c2)c1.[Na].[Na]. The fourth-order valence-corrected chi connectivity index (χ4v) is 4.56. The van der Waals surface area contributed by atoms with Crippen LogP contribution in [0.25, 0.3) is 0 Å². The minimum atomic E-state index is -5.03. The molecule has 0 fully saturated rings. The topological polar surface area (TPSA) is 80.7 Å². The van der Waals surface area contributed by atoms with Crippen molar-refractivity contribution in [2.75, 3.05) is 12.0 Å². The molecule has 2 rings (SSSR count). The molecule has 31 heavy (non-hydrogen) atoms. The van der Waals surface area contributed by atoms with Crippen molar-refractivity contribution in [3.05, 3.63) is 58.1 Å². The van der Waals surface area contributed by atoms with Gasteiger partial charge < -0.3 is 9.42 Å². The Bertz CT molecular complexity index is 1110. The predicted octanol–water partition coefficient (Wildman–Crippen LogP) is 4.16. The van der Waals surface area contributed by atoms with Gasteiger partial charge in [-0.3, -0.25) is 0 Å². The van der Waals surface area contributed by atoms with E-state index < -0.39 is 23.6 Å². The molecule has 5 nitrogen and oxygen atoms in total. The number of hydrogen-bond donors (Lipinski definition) is 1. The second kappa shape index (κ2) is 14.1. The monoisotopic (exact) mass is 570 g/mol. The second-order valence-corrected chi connectivity index (χ2v) is 11.3. The zero-order valence-corrected chi connectivity index (χ0v) is 25.1. The molecule has 0 aliphatic heterocycles. The van der Waals surface area contributed by atoms with Gasteiger partial charge >= 0.3 is 13.8 Å². The minimum absolute atomic E-state index is 0. The van der Waals surface area contributed by atoms with E-state index in [0.29, 0.717) is 17.1 Å². The molecule has 0 saturated heterocycles. The van der Waals surface area contributed by atoms with Crippen molar-refractivity contribution in [1.82, 2.24) is 0 Å². The molecule has 2 aromatic rings. The van der Waals surface area contributed by atoms with Crippen LogP contribution in [0.3, 0.4) is 0 Å². The van der Waals surface area contributed by atoms with Gasteiger partial charge in [-0.05, 0) is 51.8 Å². The van der Waals surface area contributed by atoms with Crippen molar-refractivity contribution in [2.45, 2.75) is 16.8 Å². The fraction of sp³-hybridized carbons (Fsp3) is 0.222. The Morgan fingerprint density at radius 2 is 1.90 bits per heavy atom. The molecule has 0 aromatic heterocycles. The van der Waals surface area contributed by atoms with Crippen LogP contribution in [0.4, 0.5) is 8.78 Å². The molecule has 2 aromatic carbocycles. The van der Waals surface area contributed by atoms with Crippen LogP contribution in [0.2, 0.25) is 0 Å². The smallest absolute Gasteiger partial charge is 0.420 e. The molecule has 13 heteroatoms. The van der Waals surface area contributed by atoms with E-state index in [1.165, 1.54) is 30.0 Å². The van der Waals surface area contributed by atoms with Gasteiger partial charge in [0.25, 0.3) is 0 Å². The summed E-state index contributed by atoms with van der Waals surface area (Å²) >= 11 is 4.63. The minimum Gasteiger partial charge on any atom is -0.420 e. The van der Waals surface area contributed by atoms with Crippen molar-refractivity contribution in [3.8, 4) is 17.6 Å². The standard InChI is InChI=1S/C18H16BrF2O5PS2.2Na/c1-29(24,25)15-6-2-4-13(10-15)5-3-9-28-12-14-7-8-17(16(19)11-14)26-27(22,23)18(20)21;;/h2,4,6-8,10-11,18H,9,12H2,1H3,(H,22,23);;. The van der Waals surface area contributed by atoms with Crippen LogP contribution in [-0.4, -0.2) is 90.6 Å². The normalized spacial score (nSPS) is 12.6. The Morgan fingerprint density at radius 3 is 2.48 bits per heavy atom. The summed E-state index contributed by atoms with van der Waals surface area (Å²) in [6, 6.07) is 10.9. The first-order valence-electron chi connectivity index (χ1n) is 7.94. The van der Waals surface area contributed by atoms with Gasteiger partial charge in [-0.2, -0.15) is 8.78 Å². The third-order valence-electron chi connectivity index (χ3n) is 3.41. The van der Waals surface area contributed by atoms with E-state index in [1.54, 1.807) is 24.3 Å². The van der Waals surface area contributed by atoms with Crippen molar-refractivity contribution >= 4 is 104 Å². The summed E-state index contributed by atoms with van der Waals surface area (Å²) in [5.41, 5.74) is 1.44. The molecule has 0 bridgehead atoms. The Hall–Kier alpha value is 0.630. The Labute approximate surface area is 237 Å². The van der Waals surface area contributed by atoms with Gasteiger partial charge in [0.05, 0.1) is 15.1 Å². The summed E-state index contributed by atoms with van der Waals surface area (Å²) in [7, 11) is -8.31. The van der Waals surface area contributed by atoms with E-state index in [1.807, 2.05) is 0 Å². The number of sulfone groups is 1. The summed E-state index contributed by atoms with van der Waals surface area (Å²) in [5, 5.41) is 0. The maximum atomic E-state index is 12.5. The second-order valence-electron chi connectivity index (χ2n) is 5.79. The number of hydrogen-bond acceptors (Lipinski definition) is 5. The Morgan fingerprint density at radius 1 is 1.23 bits per heavy atom. The zero-order valence-electron chi connectivity index (χ0n) is 17.0. The molecular weight excluding hydrogens is 555 g/mol. The number of alkyl halides is 2. The molecule has 0 aliphatic carbocycles. The molecule has 0 saturated carbocycles. The van der Waals surface area contributed by atoms with Gasteiger partial charge in [-0.1, -0.05) is 24.0 Å². The van der Waals surface area contributed by atoms with Gasteiger partial charge in [-0.15, -0.1) is 11.8 Å². The third-order valence-corrected chi connectivity index (χ3v) is 6.98. The maximum absolute atomic E-state index is 12.5. The third kappa shape index (κ3) is 10.6. The van der Waals surface area contributed by atoms with Crippen molar-refractivity contribution < 1.29 is 31.2 Å². The first-order chi connectivity index (χ1) is 13.5. The summed E-state index contributed by atoms with van der Waals surface area (Å²) in [6.45, 7) is 0. The molecule has 158 valence electrons. The van der Waals surface area contributed by atoms with Gasteiger partial charge in [0.2, 0.25) is 0 Å². The van der Waals surface area contributed by atoms with Crippen LogP contribution in [0.5, 0.6) is 5.75 Å². The molecular formula is C18H16BrF2Na2O5PS2. The van der Waals surface area contributed by atoms with Crippen molar-refractivity contribution in [2.24, 2.45) is 0 Å². The van der Waals surface area contributed by atoms with Crippen molar-refractivity contribution in [1.29, 1.82) is 0 Å².